The molecule has 0 saturated carbocycles. The van der Waals surface area contributed by atoms with Crippen LogP contribution in [0.15, 0.2) is 30.3 Å². The first-order valence-electron chi connectivity index (χ1n) is 7.20. The summed E-state index contributed by atoms with van der Waals surface area (Å²) in [4.78, 5) is 8.59. The lowest BCUT2D eigenvalue weighted by Crippen LogP contribution is -2.10. The summed E-state index contributed by atoms with van der Waals surface area (Å²) >= 11 is 6.02. The van der Waals surface area contributed by atoms with E-state index in [1.165, 1.54) is 5.56 Å². The smallest absolute Gasteiger partial charge is 0.224 e. The second kappa shape index (κ2) is 6.44. The van der Waals surface area contributed by atoms with Crippen molar-refractivity contribution in [2.45, 2.75) is 46.0 Å². The summed E-state index contributed by atoms with van der Waals surface area (Å²) in [5.74, 6) is 1.97. The van der Waals surface area contributed by atoms with Crippen LogP contribution in [0.2, 0.25) is 5.15 Å². The van der Waals surface area contributed by atoms with Gasteiger partial charge in [-0.15, -0.1) is 0 Å². The molecular formula is C17H21ClN2O. The maximum Gasteiger partial charge on any atom is 0.224 e. The summed E-state index contributed by atoms with van der Waals surface area (Å²) < 4.78 is 5.85. The van der Waals surface area contributed by atoms with Crippen LogP contribution in [0.4, 0.5) is 0 Å². The van der Waals surface area contributed by atoms with Crippen LogP contribution in [0, 0.1) is 0 Å². The van der Waals surface area contributed by atoms with E-state index in [1.54, 1.807) is 6.07 Å². The average molecular weight is 305 g/mol. The molecule has 0 fully saturated rings. The van der Waals surface area contributed by atoms with E-state index >= 15 is 0 Å². The van der Waals surface area contributed by atoms with E-state index in [0.29, 0.717) is 16.9 Å². The Morgan fingerprint density at radius 2 is 1.90 bits per heavy atom. The van der Waals surface area contributed by atoms with Gasteiger partial charge >= 0.3 is 0 Å². The second-order valence-electron chi connectivity index (χ2n) is 6.08. The first kappa shape index (κ1) is 15.8. The Kier molecular flexibility index (Phi) is 4.84. The van der Waals surface area contributed by atoms with Crippen LogP contribution >= 0.6 is 11.6 Å². The minimum Gasteiger partial charge on any atom is -0.439 e. The van der Waals surface area contributed by atoms with Crippen molar-refractivity contribution in [2.75, 3.05) is 0 Å². The number of ether oxygens (including phenoxy) is 1. The van der Waals surface area contributed by atoms with Crippen LogP contribution in [-0.2, 0) is 11.8 Å². The van der Waals surface area contributed by atoms with Crippen LogP contribution < -0.4 is 4.74 Å². The van der Waals surface area contributed by atoms with Gasteiger partial charge in [0.05, 0.1) is 0 Å². The zero-order valence-electron chi connectivity index (χ0n) is 13.0. The summed E-state index contributed by atoms with van der Waals surface area (Å²) in [6.07, 6.45) is 1.76. The van der Waals surface area contributed by atoms with Crippen molar-refractivity contribution in [1.82, 2.24) is 9.97 Å². The van der Waals surface area contributed by atoms with Gasteiger partial charge in [0.1, 0.15) is 16.7 Å². The molecule has 112 valence electrons. The standard InChI is InChI=1S/C17H21ClN2O/c1-5-7-15-19-14(18)11-16(20-15)21-13-9-6-8-12(10-13)17(2,3)4/h6,8-11H,5,7H2,1-4H3. The van der Waals surface area contributed by atoms with Gasteiger partial charge < -0.3 is 4.74 Å². The van der Waals surface area contributed by atoms with Crippen LogP contribution in [0.5, 0.6) is 11.6 Å². The van der Waals surface area contributed by atoms with Gasteiger partial charge in [-0.25, -0.2) is 4.98 Å². The predicted octanol–water partition coefficient (Wildman–Crippen LogP) is 5.17. The lowest BCUT2D eigenvalue weighted by atomic mass is 9.87. The molecule has 2 rings (SSSR count). The largest absolute Gasteiger partial charge is 0.439 e. The Labute approximate surface area is 131 Å². The fraction of sp³-hybridized carbons (Fsp3) is 0.412. The number of nitrogens with zero attached hydrogens (tertiary/aromatic N) is 2. The van der Waals surface area contributed by atoms with Crippen molar-refractivity contribution < 1.29 is 4.74 Å². The summed E-state index contributed by atoms with van der Waals surface area (Å²) in [5, 5.41) is 0.412. The summed E-state index contributed by atoms with van der Waals surface area (Å²) in [6, 6.07) is 9.69. The molecule has 0 N–H and O–H groups in total. The molecule has 2 aromatic rings. The number of aromatic nitrogens is 2. The highest BCUT2D eigenvalue weighted by molar-refractivity contribution is 6.29. The molecule has 3 nitrogen and oxygen atoms in total. The van der Waals surface area contributed by atoms with Crippen molar-refractivity contribution in [3.63, 3.8) is 0 Å². The Morgan fingerprint density at radius 3 is 2.57 bits per heavy atom. The molecule has 21 heavy (non-hydrogen) atoms. The summed E-state index contributed by atoms with van der Waals surface area (Å²) in [6.45, 7) is 8.60. The lowest BCUT2D eigenvalue weighted by Gasteiger charge is -2.19. The van der Waals surface area contributed by atoms with Gasteiger partial charge in [-0.05, 0) is 29.5 Å². The lowest BCUT2D eigenvalue weighted by molar-refractivity contribution is 0.455. The molecule has 0 atom stereocenters. The van der Waals surface area contributed by atoms with Gasteiger partial charge in [0.2, 0.25) is 5.88 Å². The fourth-order valence-corrected chi connectivity index (χ4v) is 2.17. The molecule has 1 heterocycles. The second-order valence-corrected chi connectivity index (χ2v) is 6.46. The first-order chi connectivity index (χ1) is 9.88. The monoisotopic (exact) mass is 304 g/mol. The molecule has 1 aromatic carbocycles. The molecule has 0 aliphatic carbocycles. The number of hydrogen-bond donors (Lipinski definition) is 0. The van der Waals surface area contributed by atoms with Gasteiger partial charge in [-0.2, -0.15) is 4.98 Å². The zero-order valence-corrected chi connectivity index (χ0v) is 13.7. The van der Waals surface area contributed by atoms with E-state index < -0.39 is 0 Å². The zero-order chi connectivity index (χ0) is 15.5. The maximum absolute atomic E-state index is 6.02. The van der Waals surface area contributed by atoms with Crippen LogP contribution in [0.25, 0.3) is 0 Å². The molecule has 0 saturated heterocycles. The highest BCUT2D eigenvalue weighted by Crippen LogP contribution is 2.28. The normalized spacial score (nSPS) is 11.5. The van der Waals surface area contributed by atoms with Gasteiger partial charge in [-0.3, -0.25) is 0 Å². The average Bonchev–Trinajstić information content (AvgIpc) is 2.37. The van der Waals surface area contributed by atoms with Crippen molar-refractivity contribution in [3.05, 3.63) is 46.9 Å². The molecule has 4 heteroatoms. The number of hydrogen-bond acceptors (Lipinski definition) is 3. The highest BCUT2D eigenvalue weighted by Gasteiger charge is 2.14. The Bertz CT molecular complexity index is 620. The number of halogens is 1. The van der Waals surface area contributed by atoms with E-state index in [4.69, 9.17) is 16.3 Å². The molecule has 0 aliphatic heterocycles. The van der Waals surface area contributed by atoms with Crippen molar-refractivity contribution in [2.24, 2.45) is 0 Å². The van der Waals surface area contributed by atoms with Crippen molar-refractivity contribution in [3.8, 4) is 11.6 Å². The van der Waals surface area contributed by atoms with Crippen molar-refractivity contribution >= 4 is 11.6 Å². The molecule has 0 radical (unpaired) electrons. The van der Waals surface area contributed by atoms with E-state index in [9.17, 15) is 0 Å². The predicted molar refractivity (Wildman–Crippen MR) is 86.3 cm³/mol. The molecular weight excluding hydrogens is 284 g/mol. The maximum atomic E-state index is 6.02. The number of rotatable bonds is 4. The third-order valence-electron chi connectivity index (χ3n) is 3.11. The SMILES string of the molecule is CCCc1nc(Cl)cc(Oc2cccc(C(C)(C)C)c2)n1. The Morgan fingerprint density at radius 1 is 1.14 bits per heavy atom. The highest BCUT2D eigenvalue weighted by atomic mass is 35.5. The fourth-order valence-electron chi connectivity index (χ4n) is 1.98. The molecule has 0 spiro atoms. The van der Waals surface area contributed by atoms with E-state index in [1.807, 2.05) is 18.2 Å². The van der Waals surface area contributed by atoms with Crippen molar-refractivity contribution in [1.29, 1.82) is 0 Å². The third kappa shape index (κ3) is 4.43. The number of aryl methyl sites for hydroxylation is 1. The van der Waals surface area contributed by atoms with Crippen LogP contribution in [-0.4, -0.2) is 9.97 Å². The van der Waals surface area contributed by atoms with Gasteiger partial charge in [0.25, 0.3) is 0 Å². The third-order valence-corrected chi connectivity index (χ3v) is 3.31. The molecule has 0 bridgehead atoms. The van der Waals surface area contributed by atoms with Gasteiger partial charge in [-0.1, -0.05) is 51.4 Å². The molecule has 0 amide bonds. The summed E-state index contributed by atoms with van der Waals surface area (Å²) in [5.41, 5.74) is 1.30. The van der Waals surface area contributed by atoms with E-state index in [-0.39, 0.29) is 5.41 Å². The van der Waals surface area contributed by atoms with Crippen LogP contribution in [0.1, 0.15) is 45.5 Å². The van der Waals surface area contributed by atoms with Gasteiger partial charge in [0, 0.05) is 12.5 Å². The Hall–Kier alpha value is -1.61. The molecule has 0 unspecified atom stereocenters. The number of benzene rings is 1. The Balaban J connectivity index is 2.26. The molecule has 0 aliphatic rings. The van der Waals surface area contributed by atoms with E-state index in [0.717, 1.165) is 18.6 Å². The first-order valence-corrected chi connectivity index (χ1v) is 7.58. The quantitative estimate of drug-likeness (QED) is 0.731. The van der Waals surface area contributed by atoms with Gasteiger partial charge in [0.15, 0.2) is 0 Å². The minimum atomic E-state index is 0.0794. The van der Waals surface area contributed by atoms with E-state index in [2.05, 4.69) is 43.7 Å². The molecule has 1 aromatic heterocycles. The van der Waals surface area contributed by atoms with Crippen LogP contribution in [0.3, 0.4) is 0 Å². The minimum absolute atomic E-state index is 0.0794. The topological polar surface area (TPSA) is 35.0 Å². The summed E-state index contributed by atoms with van der Waals surface area (Å²) in [7, 11) is 0.